The summed E-state index contributed by atoms with van der Waals surface area (Å²) in [7, 11) is 0. The molecular weight excluding hydrogens is 250 g/mol. The molecule has 0 saturated heterocycles. The lowest BCUT2D eigenvalue weighted by atomic mass is 9.83. The third-order valence-electron chi connectivity index (χ3n) is 4.58. The first-order chi connectivity index (χ1) is 9.08. The molecule has 114 valence electrons. The van der Waals surface area contributed by atoms with Crippen molar-refractivity contribution in [2.45, 2.75) is 89.7 Å². The van der Waals surface area contributed by atoms with Crippen LogP contribution in [-0.2, 0) is 0 Å². The minimum atomic E-state index is 0.763. The smallest absolute Gasteiger partial charge is 0.0206 e. The molecule has 0 aromatic heterocycles. The van der Waals surface area contributed by atoms with Crippen LogP contribution in [0.15, 0.2) is 0 Å². The van der Waals surface area contributed by atoms with Crippen molar-refractivity contribution in [1.29, 1.82) is 0 Å². The van der Waals surface area contributed by atoms with E-state index in [1.165, 1.54) is 45.1 Å². The summed E-state index contributed by atoms with van der Waals surface area (Å²) in [5.74, 6) is 1.78. The predicted molar refractivity (Wildman–Crippen MR) is 90.0 cm³/mol. The van der Waals surface area contributed by atoms with E-state index in [2.05, 4.69) is 51.7 Å². The van der Waals surface area contributed by atoms with Crippen LogP contribution in [0.2, 0.25) is 0 Å². The third kappa shape index (κ3) is 6.08. The highest BCUT2D eigenvalue weighted by Gasteiger charge is 2.31. The summed E-state index contributed by atoms with van der Waals surface area (Å²) in [6, 6.07) is 0.763. The zero-order valence-corrected chi connectivity index (χ0v) is 14.6. The van der Waals surface area contributed by atoms with Gasteiger partial charge in [-0.2, -0.15) is 11.8 Å². The Balaban J connectivity index is 2.54. The Kier molecular flexibility index (Phi) is 8.48. The van der Waals surface area contributed by atoms with E-state index in [1.54, 1.807) is 0 Å². The molecule has 1 aliphatic rings. The largest absolute Gasteiger partial charge is 0.313 e. The minimum Gasteiger partial charge on any atom is -0.313 e. The van der Waals surface area contributed by atoms with Gasteiger partial charge < -0.3 is 5.32 Å². The van der Waals surface area contributed by atoms with Crippen LogP contribution in [0.1, 0.15) is 73.1 Å². The fourth-order valence-corrected chi connectivity index (χ4v) is 4.70. The van der Waals surface area contributed by atoms with Crippen molar-refractivity contribution in [3.63, 3.8) is 0 Å². The van der Waals surface area contributed by atoms with Crippen LogP contribution < -0.4 is 5.32 Å². The minimum absolute atomic E-state index is 0.763. The van der Waals surface area contributed by atoms with Gasteiger partial charge in [-0.25, -0.2) is 0 Å². The molecule has 4 atom stereocenters. The first-order valence-electron chi connectivity index (χ1n) is 8.47. The van der Waals surface area contributed by atoms with E-state index < -0.39 is 0 Å². The molecule has 0 spiro atoms. The number of rotatable bonds is 8. The molecule has 1 rings (SSSR count). The molecule has 0 radical (unpaired) electrons. The number of nitrogens with one attached hydrogen (secondary N) is 1. The second kappa shape index (κ2) is 9.28. The Labute approximate surface area is 125 Å². The molecule has 0 aromatic rings. The van der Waals surface area contributed by atoms with Crippen LogP contribution in [-0.4, -0.2) is 23.1 Å². The maximum Gasteiger partial charge on any atom is 0.0206 e. The molecule has 0 aliphatic heterocycles. The molecule has 0 amide bonds. The molecule has 19 heavy (non-hydrogen) atoms. The average molecular weight is 286 g/mol. The van der Waals surface area contributed by atoms with E-state index in [0.29, 0.717) is 0 Å². The van der Waals surface area contributed by atoms with Crippen LogP contribution in [0.5, 0.6) is 0 Å². The topological polar surface area (TPSA) is 12.0 Å². The quantitative estimate of drug-likeness (QED) is 0.666. The van der Waals surface area contributed by atoms with Crippen LogP contribution in [0.4, 0.5) is 0 Å². The normalized spacial score (nSPS) is 29.7. The van der Waals surface area contributed by atoms with E-state index in [1.807, 2.05) is 0 Å². The summed E-state index contributed by atoms with van der Waals surface area (Å²) in [6.45, 7) is 12.9. The number of hydrogen-bond acceptors (Lipinski definition) is 2. The van der Waals surface area contributed by atoms with E-state index in [4.69, 9.17) is 0 Å². The lowest BCUT2D eigenvalue weighted by Crippen LogP contribution is -2.43. The Hall–Kier alpha value is 0.310. The van der Waals surface area contributed by atoms with Gasteiger partial charge >= 0.3 is 0 Å². The highest BCUT2D eigenvalue weighted by molar-refractivity contribution is 8.00. The molecule has 1 aliphatic carbocycles. The molecule has 0 aromatic carbocycles. The van der Waals surface area contributed by atoms with Crippen LogP contribution >= 0.6 is 11.8 Å². The van der Waals surface area contributed by atoms with Crippen molar-refractivity contribution in [3.8, 4) is 0 Å². The highest BCUT2D eigenvalue weighted by atomic mass is 32.2. The van der Waals surface area contributed by atoms with Crippen molar-refractivity contribution in [3.05, 3.63) is 0 Å². The maximum atomic E-state index is 3.81. The van der Waals surface area contributed by atoms with Crippen molar-refractivity contribution in [1.82, 2.24) is 5.32 Å². The fraction of sp³-hybridized carbons (Fsp3) is 1.00. The second-order valence-corrected chi connectivity index (χ2v) is 8.27. The van der Waals surface area contributed by atoms with Gasteiger partial charge in [-0.1, -0.05) is 47.5 Å². The summed E-state index contributed by atoms with van der Waals surface area (Å²) in [6.07, 6.45) is 8.33. The standard InChI is InChI=1S/C17H35NS/c1-6-8-15-9-10-16(18-11-7-2)17(12-15)19-14(5)13(3)4/h13-18H,6-12H2,1-5H3. The van der Waals surface area contributed by atoms with Gasteiger partial charge in [0.05, 0.1) is 0 Å². The highest BCUT2D eigenvalue weighted by Crippen LogP contribution is 2.38. The SMILES string of the molecule is CCCNC1CCC(CCC)CC1SC(C)C(C)C. The van der Waals surface area contributed by atoms with Gasteiger partial charge in [0.2, 0.25) is 0 Å². The molecule has 0 heterocycles. The first-order valence-corrected chi connectivity index (χ1v) is 9.41. The van der Waals surface area contributed by atoms with Gasteiger partial charge in [-0.15, -0.1) is 0 Å². The predicted octanol–water partition coefficient (Wildman–Crippen LogP) is 5.10. The Morgan fingerprint density at radius 2 is 1.84 bits per heavy atom. The molecule has 2 heteroatoms. The molecular formula is C17H35NS. The molecule has 1 fully saturated rings. The van der Waals surface area contributed by atoms with E-state index in [0.717, 1.165) is 28.4 Å². The Morgan fingerprint density at radius 3 is 2.42 bits per heavy atom. The lowest BCUT2D eigenvalue weighted by Gasteiger charge is -2.38. The average Bonchev–Trinajstić information content (AvgIpc) is 2.38. The van der Waals surface area contributed by atoms with Crippen molar-refractivity contribution >= 4 is 11.8 Å². The number of hydrogen-bond donors (Lipinski definition) is 1. The zero-order valence-electron chi connectivity index (χ0n) is 13.7. The van der Waals surface area contributed by atoms with Gasteiger partial charge in [0.15, 0.2) is 0 Å². The van der Waals surface area contributed by atoms with E-state index in [-0.39, 0.29) is 0 Å². The Bertz CT molecular complexity index is 229. The third-order valence-corrected chi connectivity index (χ3v) is 6.43. The van der Waals surface area contributed by atoms with Crippen LogP contribution in [0, 0.1) is 11.8 Å². The molecule has 1 saturated carbocycles. The van der Waals surface area contributed by atoms with Gasteiger partial charge in [0.1, 0.15) is 0 Å². The van der Waals surface area contributed by atoms with Gasteiger partial charge in [0, 0.05) is 16.5 Å². The summed E-state index contributed by atoms with van der Waals surface area (Å²) >= 11 is 2.25. The Morgan fingerprint density at radius 1 is 1.11 bits per heavy atom. The maximum absolute atomic E-state index is 3.81. The monoisotopic (exact) mass is 285 g/mol. The van der Waals surface area contributed by atoms with Crippen molar-refractivity contribution in [2.24, 2.45) is 11.8 Å². The van der Waals surface area contributed by atoms with Gasteiger partial charge in [-0.3, -0.25) is 0 Å². The summed E-state index contributed by atoms with van der Waals surface area (Å²) < 4.78 is 0. The summed E-state index contributed by atoms with van der Waals surface area (Å²) in [5, 5.41) is 5.44. The van der Waals surface area contributed by atoms with Crippen molar-refractivity contribution in [2.75, 3.05) is 6.54 Å². The lowest BCUT2D eigenvalue weighted by molar-refractivity contribution is 0.286. The number of thioether (sulfide) groups is 1. The van der Waals surface area contributed by atoms with Gasteiger partial charge in [0.25, 0.3) is 0 Å². The first kappa shape index (κ1) is 17.4. The second-order valence-electron chi connectivity index (χ2n) is 6.65. The zero-order chi connectivity index (χ0) is 14.3. The van der Waals surface area contributed by atoms with E-state index >= 15 is 0 Å². The molecule has 1 nitrogen and oxygen atoms in total. The van der Waals surface area contributed by atoms with E-state index in [9.17, 15) is 0 Å². The fourth-order valence-electron chi connectivity index (χ4n) is 3.03. The van der Waals surface area contributed by atoms with Gasteiger partial charge in [-0.05, 0) is 44.1 Å². The molecule has 1 N–H and O–H groups in total. The molecule has 0 bridgehead atoms. The summed E-state index contributed by atoms with van der Waals surface area (Å²) in [5.41, 5.74) is 0. The van der Waals surface area contributed by atoms with Crippen molar-refractivity contribution < 1.29 is 0 Å². The van der Waals surface area contributed by atoms with Crippen LogP contribution in [0.25, 0.3) is 0 Å². The summed E-state index contributed by atoms with van der Waals surface area (Å²) in [4.78, 5) is 0. The van der Waals surface area contributed by atoms with Crippen LogP contribution in [0.3, 0.4) is 0 Å². The molecule has 4 unspecified atom stereocenters.